The normalized spacial score (nSPS) is 10.2. The molecule has 4 heteroatoms. The number of hydrogen-bond acceptors (Lipinski definition) is 3. The van der Waals surface area contributed by atoms with Crippen molar-refractivity contribution in [3.05, 3.63) is 46.2 Å². The molecule has 0 aliphatic rings. The number of hydrogen-bond donors (Lipinski definition) is 2. The first kappa shape index (κ1) is 9.45. The molecule has 0 aliphatic carbocycles. The van der Waals surface area contributed by atoms with Gasteiger partial charge in [-0.1, -0.05) is 12.1 Å². The third-order valence-corrected chi connectivity index (χ3v) is 2.18. The quantitative estimate of drug-likeness (QED) is 0.735. The van der Waals surface area contributed by atoms with Gasteiger partial charge >= 0.3 is 0 Å². The average Bonchev–Trinajstić information content (AvgIpc) is 2.23. The molecule has 0 bridgehead atoms. The second-order valence-corrected chi connectivity index (χ2v) is 3.31. The van der Waals surface area contributed by atoms with E-state index in [0.29, 0.717) is 5.69 Å². The van der Waals surface area contributed by atoms with Crippen LogP contribution in [0.25, 0.3) is 11.3 Å². The van der Waals surface area contributed by atoms with Crippen molar-refractivity contribution in [3.8, 4) is 17.0 Å². The molecular formula is C11H10N2O2. The molecule has 0 aliphatic heterocycles. The second kappa shape index (κ2) is 3.57. The van der Waals surface area contributed by atoms with Gasteiger partial charge in [0.15, 0.2) is 0 Å². The largest absolute Gasteiger partial charge is 0.508 e. The highest BCUT2D eigenvalue weighted by atomic mass is 16.3. The van der Waals surface area contributed by atoms with Crippen molar-refractivity contribution in [2.75, 3.05) is 0 Å². The first-order chi connectivity index (χ1) is 7.16. The van der Waals surface area contributed by atoms with Crippen LogP contribution in [-0.4, -0.2) is 15.3 Å². The Kier molecular flexibility index (Phi) is 2.25. The molecule has 0 spiro atoms. The molecule has 0 saturated carbocycles. The maximum Gasteiger partial charge on any atom is 0.264 e. The lowest BCUT2D eigenvalue weighted by atomic mass is 10.1. The van der Waals surface area contributed by atoms with Crippen molar-refractivity contribution in [1.29, 1.82) is 0 Å². The van der Waals surface area contributed by atoms with Crippen LogP contribution in [0.3, 0.4) is 0 Å². The third-order valence-electron chi connectivity index (χ3n) is 2.18. The Labute approximate surface area is 86.2 Å². The van der Waals surface area contributed by atoms with Crippen LogP contribution in [0.1, 0.15) is 5.56 Å². The number of phenols is 1. The highest BCUT2D eigenvalue weighted by Gasteiger charge is 2.02. The summed E-state index contributed by atoms with van der Waals surface area (Å²) in [5.74, 6) is 0.223. The topological polar surface area (TPSA) is 66.0 Å². The lowest BCUT2D eigenvalue weighted by molar-refractivity contribution is 0.471. The van der Waals surface area contributed by atoms with Crippen LogP contribution in [0.2, 0.25) is 0 Å². The van der Waals surface area contributed by atoms with Crippen LogP contribution in [-0.2, 0) is 0 Å². The summed E-state index contributed by atoms with van der Waals surface area (Å²) in [6.07, 6.45) is 0. The van der Waals surface area contributed by atoms with Gasteiger partial charge in [-0.05, 0) is 24.6 Å². The zero-order valence-corrected chi connectivity index (χ0v) is 8.19. The first-order valence-electron chi connectivity index (χ1n) is 4.52. The number of phenolic OH excluding ortho intramolecular Hbond substituents is 1. The summed E-state index contributed by atoms with van der Waals surface area (Å²) in [7, 11) is 0. The van der Waals surface area contributed by atoms with Gasteiger partial charge in [0.2, 0.25) is 0 Å². The van der Waals surface area contributed by atoms with Crippen molar-refractivity contribution < 1.29 is 5.11 Å². The fourth-order valence-corrected chi connectivity index (χ4v) is 1.27. The average molecular weight is 202 g/mol. The second-order valence-electron chi connectivity index (χ2n) is 3.31. The van der Waals surface area contributed by atoms with E-state index in [4.69, 9.17) is 0 Å². The van der Waals surface area contributed by atoms with Crippen molar-refractivity contribution in [1.82, 2.24) is 10.2 Å². The van der Waals surface area contributed by atoms with E-state index in [1.165, 1.54) is 6.07 Å². The van der Waals surface area contributed by atoms with Gasteiger partial charge in [-0.25, -0.2) is 5.10 Å². The maximum absolute atomic E-state index is 10.8. The van der Waals surface area contributed by atoms with E-state index >= 15 is 0 Å². The number of aromatic amines is 1. The molecule has 1 aromatic heterocycles. The van der Waals surface area contributed by atoms with E-state index in [1.54, 1.807) is 18.2 Å². The number of nitrogens with one attached hydrogen (secondary N) is 1. The molecular weight excluding hydrogens is 192 g/mol. The monoisotopic (exact) mass is 202 g/mol. The van der Waals surface area contributed by atoms with Gasteiger partial charge in [0.1, 0.15) is 5.75 Å². The summed E-state index contributed by atoms with van der Waals surface area (Å²) >= 11 is 0. The molecule has 0 radical (unpaired) electrons. The molecule has 15 heavy (non-hydrogen) atoms. The minimum Gasteiger partial charge on any atom is -0.508 e. The van der Waals surface area contributed by atoms with Gasteiger partial charge < -0.3 is 5.11 Å². The van der Waals surface area contributed by atoms with E-state index in [2.05, 4.69) is 10.2 Å². The zero-order chi connectivity index (χ0) is 10.8. The van der Waals surface area contributed by atoms with Crippen molar-refractivity contribution >= 4 is 0 Å². The molecule has 1 heterocycles. The Morgan fingerprint density at radius 1 is 1.27 bits per heavy atom. The fourth-order valence-electron chi connectivity index (χ4n) is 1.27. The van der Waals surface area contributed by atoms with E-state index in [0.717, 1.165) is 11.1 Å². The Hall–Kier alpha value is -2.10. The number of aryl methyl sites for hydroxylation is 1. The predicted molar refractivity (Wildman–Crippen MR) is 56.7 cm³/mol. The van der Waals surface area contributed by atoms with Crippen LogP contribution >= 0.6 is 0 Å². The van der Waals surface area contributed by atoms with Crippen LogP contribution < -0.4 is 5.56 Å². The standard InChI is InChI=1S/C11H10N2O2/c1-7-2-3-8(6-10(7)14)9-4-5-11(15)13-12-9/h2-6,14H,1H3,(H,13,15). The molecule has 4 nitrogen and oxygen atoms in total. The molecule has 76 valence electrons. The highest BCUT2D eigenvalue weighted by Crippen LogP contribution is 2.23. The van der Waals surface area contributed by atoms with Crippen LogP contribution in [0.5, 0.6) is 5.75 Å². The zero-order valence-electron chi connectivity index (χ0n) is 8.19. The summed E-state index contributed by atoms with van der Waals surface area (Å²) in [5.41, 5.74) is 1.97. The molecule has 0 fully saturated rings. The Bertz CT molecular complexity index is 526. The Morgan fingerprint density at radius 2 is 2.07 bits per heavy atom. The molecule has 0 saturated heterocycles. The molecule has 2 N–H and O–H groups in total. The first-order valence-corrected chi connectivity index (χ1v) is 4.52. The number of nitrogens with zero attached hydrogens (tertiary/aromatic N) is 1. The van der Waals surface area contributed by atoms with Crippen LogP contribution in [0.15, 0.2) is 35.1 Å². The van der Waals surface area contributed by atoms with Crippen molar-refractivity contribution in [3.63, 3.8) is 0 Å². The minimum absolute atomic E-state index is 0.223. The Morgan fingerprint density at radius 3 is 2.67 bits per heavy atom. The van der Waals surface area contributed by atoms with Gasteiger partial charge in [0, 0.05) is 11.6 Å². The molecule has 1 aromatic carbocycles. The Balaban J connectivity index is 2.50. The number of benzene rings is 1. The van der Waals surface area contributed by atoms with Crippen LogP contribution in [0, 0.1) is 6.92 Å². The highest BCUT2D eigenvalue weighted by molar-refractivity contribution is 5.61. The summed E-state index contributed by atoms with van der Waals surface area (Å²) in [6, 6.07) is 8.28. The van der Waals surface area contributed by atoms with E-state index in [9.17, 15) is 9.90 Å². The summed E-state index contributed by atoms with van der Waals surface area (Å²) in [5, 5.41) is 15.7. The molecule has 0 atom stereocenters. The smallest absolute Gasteiger partial charge is 0.264 e. The number of aromatic nitrogens is 2. The van der Waals surface area contributed by atoms with E-state index in [-0.39, 0.29) is 11.3 Å². The summed E-state index contributed by atoms with van der Waals surface area (Å²) in [4.78, 5) is 10.8. The van der Waals surface area contributed by atoms with Gasteiger partial charge in [0.05, 0.1) is 5.69 Å². The number of aromatic hydroxyl groups is 1. The molecule has 2 rings (SSSR count). The number of H-pyrrole nitrogens is 1. The van der Waals surface area contributed by atoms with Crippen molar-refractivity contribution in [2.45, 2.75) is 6.92 Å². The van der Waals surface area contributed by atoms with Gasteiger partial charge in [-0.3, -0.25) is 4.79 Å². The third kappa shape index (κ3) is 1.88. The number of rotatable bonds is 1. The van der Waals surface area contributed by atoms with Crippen LogP contribution in [0.4, 0.5) is 0 Å². The lowest BCUT2D eigenvalue weighted by Gasteiger charge is -2.02. The molecule has 0 unspecified atom stereocenters. The summed E-state index contributed by atoms with van der Waals surface area (Å²) < 4.78 is 0. The molecule has 2 aromatic rings. The molecule has 0 amide bonds. The van der Waals surface area contributed by atoms with Gasteiger partial charge in [-0.15, -0.1) is 0 Å². The van der Waals surface area contributed by atoms with Gasteiger partial charge in [-0.2, -0.15) is 5.10 Å². The maximum atomic E-state index is 10.8. The van der Waals surface area contributed by atoms with E-state index in [1.807, 2.05) is 13.0 Å². The summed E-state index contributed by atoms with van der Waals surface area (Å²) in [6.45, 7) is 1.82. The predicted octanol–water partition coefficient (Wildman–Crippen LogP) is 1.45. The van der Waals surface area contributed by atoms with Crippen molar-refractivity contribution in [2.24, 2.45) is 0 Å². The lowest BCUT2D eigenvalue weighted by Crippen LogP contribution is -2.05. The van der Waals surface area contributed by atoms with Gasteiger partial charge in [0.25, 0.3) is 5.56 Å². The van der Waals surface area contributed by atoms with E-state index < -0.39 is 0 Å². The SMILES string of the molecule is Cc1ccc(-c2ccc(=O)[nH]n2)cc1O. The minimum atomic E-state index is -0.241. The fraction of sp³-hybridized carbons (Fsp3) is 0.0909.